The van der Waals surface area contributed by atoms with Crippen molar-refractivity contribution in [1.82, 2.24) is 19.9 Å². The number of hydrogen-bond acceptors (Lipinski definition) is 2. The summed E-state index contributed by atoms with van der Waals surface area (Å²) in [4.78, 5) is 15.8. The van der Waals surface area contributed by atoms with E-state index in [0.717, 1.165) is 40.2 Å². The van der Waals surface area contributed by atoms with Crippen molar-refractivity contribution in [2.45, 2.75) is 0 Å². The van der Waals surface area contributed by atoms with Crippen LogP contribution in [0, 0.1) is 17.5 Å². The Morgan fingerprint density at radius 2 is 1.08 bits per heavy atom. The molecule has 6 rings (SSSR count). The van der Waals surface area contributed by atoms with E-state index >= 15 is 0 Å². The van der Waals surface area contributed by atoms with Crippen molar-refractivity contribution in [3.8, 4) is 11.1 Å². The monoisotopic (exact) mass is 566 g/mol. The molecular weight excluding hydrogens is 552 g/mol. The zero-order valence-electron chi connectivity index (χ0n) is 18.1. The fourth-order valence-electron chi connectivity index (χ4n) is 3.97. The molecule has 1 aromatic carbocycles. The maximum atomic E-state index is 14.0. The van der Waals surface area contributed by atoms with Crippen LogP contribution < -0.4 is 0 Å². The van der Waals surface area contributed by atoms with Crippen molar-refractivity contribution in [2.75, 3.05) is 0 Å². The van der Waals surface area contributed by atoms with Crippen LogP contribution in [-0.2, 0) is 13.1 Å². The van der Waals surface area contributed by atoms with Crippen molar-refractivity contribution in [2.24, 2.45) is 0 Å². The van der Waals surface area contributed by atoms with E-state index in [-0.39, 0.29) is 18.7 Å². The third kappa shape index (κ3) is 5.27. The van der Waals surface area contributed by atoms with Gasteiger partial charge in [-0.15, -0.1) is 0 Å². The molecule has 182 valence electrons. The summed E-state index contributed by atoms with van der Waals surface area (Å²) in [6.45, 7) is 0. The Labute approximate surface area is 218 Å². The van der Waals surface area contributed by atoms with Crippen molar-refractivity contribution in [3.63, 3.8) is 0 Å². The zero-order chi connectivity index (χ0) is 25.2. The van der Waals surface area contributed by atoms with Gasteiger partial charge in [0.2, 0.25) is 0 Å². The third-order valence-electron chi connectivity index (χ3n) is 5.46. The Morgan fingerprint density at radius 3 is 1.61 bits per heavy atom. The van der Waals surface area contributed by atoms with Gasteiger partial charge in [0.05, 0.1) is 22.8 Å². The number of nitrogens with zero attached hydrogens (tertiary/aromatic N) is 2. The van der Waals surface area contributed by atoms with Gasteiger partial charge in [0, 0.05) is 27.6 Å². The van der Waals surface area contributed by atoms with Crippen LogP contribution in [0.2, 0.25) is 0 Å². The molecule has 5 heterocycles. The van der Waals surface area contributed by atoms with E-state index in [1.54, 1.807) is 12.1 Å². The second-order valence-corrected chi connectivity index (χ2v) is 9.72. The first-order valence-electron chi connectivity index (χ1n) is 10.5. The Bertz CT molecular complexity index is 1670. The second kappa shape index (κ2) is 10.4. The van der Waals surface area contributed by atoms with Gasteiger partial charge in [-0.2, -0.15) is 0 Å². The van der Waals surface area contributed by atoms with E-state index in [9.17, 15) is 13.2 Å². The predicted molar refractivity (Wildman–Crippen MR) is 136 cm³/mol. The van der Waals surface area contributed by atoms with Gasteiger partial charge in [-0.25, -0.2) is 23.1 Å². The summed E-state index contributed by atoms with van der Waals surface area (Å²) in [5, 5.41) is 0. The van der Waals surface area contributed by atoms with Crippen LogP contribution in [-0.4, -0.2) is 19.9 Å². The van der Waals surface area contributed by atoms with Gasteiger partial charge in [-0.1, -0.05) is 0 Å². The van der Waals surface area contributed by atoms with Crippen molar-refractivity contribution < 1.29 is 26.3 Å². The Kier molecular flexibility index (Phi) is 7.03. The molecule has 0 radical (unpaired) electrons. The fraction of sp³-hybridized carbons (Fsp3) is 0. The van der Waals surface area contributed by atoms with Crippen LogP contribution in [0.1, 0.15) is 22.8 Å². The number of benzene rings is 1. The molecule has 0 saturated carbocycles. The molecule has 0 saturated heterocycles. The van der Waals surface area contributed by atoms with E-state index in [4.69, 9.17) is 20.2 Å². The van der Waals surface area contributed by atoms with Crippen LogP contribution >= 0.6 is 20.2 Å². The zero-order valence-corrected chi connectivity index (χ0v) is 20.8. The SMILES string of the molecule is Fc1cc(-c2cc3cc4nc(cc5ccc(cc6nc(cc2[nH]3)C=C6)[nH]5)C=C4)cc(F)c1F.[Cl][Fe][Cl]. The second-order valence-electron chi connectivity index (χ2n) is 7.89. The van der Waals surface area contributed by atoms with Crippen LogP contribution in [0.4, 0.5) is 13.2 Å². The fourth-order valence-corrected chi connectivity index (χ4v) is 3.97. The van der Waals surface area contributed by atoms with E-state index in [1.165, 1.54) is 0 Å². The van der Waals surface area contributed by atoms with Gasteiger partial charge in [0.1, 0.15) is 0 Å². The number of halogens is 5. The van der Waals surface area contributed by atoms with Gasteiger partial charge in [-0.05, 0) is 84.5 Å². The normalized spacial score (nSPS) is 12.0. The Balaban J connectivity index is 0.000000848. The quantitative estimate of drug-likeness (QED) is 0.156. The van der Waals surface area contributed by atoms with Crippen LogP contribution in [0.3, 0.4) is 0 Å². The van der Waals surface area contributed by atoms with E-state index < -0.39 is 17.5 Å². The van der Waals surface area contributed by atoms with E-state index in [2.05, 4.69) is 19.9 Å². The van der Waals surface area contributed by atoms with Crippen molar-refractivity contribution >= 4 is 66.6 Å². The van der Waals surface area contributed by atoms with Crippen molar-refractivity contribution in [3.05, 3.63) is 94.8 Å². The first-order chi connectivity index (χ1) is 17.4. The molecule has 4 aromatic rings. The molecule has 2 N–H and O–H groups in total. The van der Waals surface area contributed by atoms with Crippen molar-refractivity contribution in [1.29, 1.82) is 0 Å². The minimum absolute atomic E-state index is 0.194. The summed E-state index contributed by atoms with van der Waals surface area (Å²) < 4.78 is 41.5. The molecule has 36 heavy (non-hydrogen) atoms. The number of fused-ring (bicyclic) bond motifs is 8. The molecule has 0 unspecified atom stereocenters. The van der Waals surface area contributed by atoms with E-state index in [0.29, 0.717) is 22.3 Å². The molecular formula is C26H15Cl2F3FeN4. The molecule has 0 fully saturated rings. The summed E-state index contributed by atoms with van der Waals surface area (Å²) >= 11 is 0.194. The summed E-state index contributed by atoms with van der Waals surface area (Å²) in [5.74, 6) is -3.98. The summed E-state index contributed by atoms with van der Waals surface area (Å²) in [6, 6.07) is 15.1. The van der Waals surface area contributed by atoms with Gasteiger partial charge in [0.25, 0.3) is 0 Å². The average Bonchev–Trinajstić information content (AvgIpc) is 3.63. The molecule has 8 bridgehead atoms. The maximum absolute atomic E-state index is 14.0. The number of rotatable bonds is 1. The number of aromatic nitrogens is 4. The van der Waals surface area contributed by atoms with Crippen LogP contribution in [0.15, 0.2) is 54.6 Å². The number of hydrogen-bond donors (Lipinski definition) is 2. The molecule has 0 spiro atoms. The van der Waals surface area contributed by atoms with Gasteiger partial charge in [0.15, 0.2) is 17.5 Å². The standard InChI is InChI=1S/C26H15F3N4.2ClH.Fe/c27-23-7-14(8-24(28)26(23)29)22-12-21-11-19-4-3-17(31-19)9-15-1-2-16(30-15)10-18-5-6-20(32-18)13-25(22)33-21;;;/h1-13,30,33H;2*1H;/q;;;+2/p-2. The molecule has 4 nitrogen and oxygen atoms in total. The average molecular weight is 567 g/mol. The van der Waals surface area contributed by atoms with E-state index in [1.807, 2.05) is 54.6 Å². The van der Waals surface area contributed by atoms with Gasteiger partial charge < -0.3 is 9.97 Å². The molecule has 2 aliphatic rings. The van der Waals surface area contributed by atoms with Gasteiger partial charge >= 0.3 is 33.3 Å². The topological polar surface area (TPSA) is 57.4 Å². The molecule has 10 heteroatoms. The Morgan fingerprint density at radius 1 is 0.611 bits per heavy atom. The number of H-pyrrole nitrogens is 2. The molecule has 0 atom stereocenters. The van der Waals surface area contributed by atoms with Crippen LogP contribution in [0.25, 0.3) is 57.5 Å². The Hall–Kier alpha value is -3.29. The number of aromatic amines is 2. The van der Waals surface area contributed by atoms with Gasteiger partial charge in [-0.3, -0.25) is 0 Å². The van der Waals surface area contributed by atoms with Crippen LogP contribution in [0.5, 0.6) is 0 Å². The summed E-state index contributed by atoms with van der Waals surface area (Å²) in [5.41, 5.74) is 6.75. The number of nitrogens with one attached hydrogen (secondary N) is 2. The summed E-state index contributed by atoms with van der Waals surface area (Å²) in [7, 11) is 9.53. The minimum atomic E-state index is -1.49. The molecule has 3 aromatic heterocycles. The molecule has 2 aliphatic heterocycles. The predicted octanol–water partition coefficient (Wildman–Crippen LogP) is 8.12. The third-order valence-corrected chi connectivity index (χ3v) is 5.46. The molecule has 0 amide bonds. The first-order valence-corrected chi connectivity index (χ1v) is 13.5. The molecule has 0 aliphatic carbocycles. The summed E-state index contributed by atoms with van der Waals surface area (Å²) in [6.07, 6.45) is 7.52. The first kappa shape index (κ1) is 24.4.